The van der Waals surface area contributed by atoms with Gasteiger partial charge in [-0.05, 0) is 35.2 Å². The van der Waals surface area contributed by atoms with Crippen LogP contribution in [0.3, 0.4) is 0 Å². The maximum absolute atomic E-state index is 13.0. The Morgan fingerprint density at radius 2 is 1.57 bits per heavy atom. The Bertz CT molecular complexity index is 1340. The third-order valence-corrected chi connectivity index (χ3v) is 6.65. The summed E-state index contributed by atoms with van der Waals surface area (Å²) in [6.07, 6.45) is 0. The van der Waals surface area contributed by atoms with Crippen molar-refractivity contribution in [2.75, 3.05) is 47.2 Å². The number of carbonyl (C=O) groups excluding carboxylic acids is 2. The molecule has 0 saturated carbocycles. The van der Waals surface area contributed by atoms with Crippen LogP contribution < -0.4 is 23.8 Å². The lowest BCUT2D eigenvalue weighted by molar-refractivity contribution is -0.160. The van der Waals surface area contributed by atoms with Gasteiger partial charge in [-0.1, -0.05) is 12.1 Å². The van der Waals surface area contributed by atoms with Gasteiger partial charge in [-0.2, -0.15) is 0 Å². The summed E-state index contributed by atoms with van der Waals surface area (Å²) in [5, 5.41) is 1.81. The van der Waals surface area contributed by atoms with E-state index in [0.29, 0.717) is 28.6 Å². The van der Waals surface area contributed by atoms with Crippen LogP contribution >= 0.6 is 0 Å². The smallest absolute Gasteiger partial charge is 0.322 e. The number of fused-ring (bicyclic) bond motifs is 6. The summed E-state index contributed by atoms with van der Waals surface area (Å²) >= 11 is 0. The molecule has 5 rings (SSSR count). The van der Waals surface area contributed by atoms with Gasteiger partial charge in [0.2, 0.25) is 6.79 Å². The first-order valence-corrected chi connectivity index (χ1v) is 10.9. The monoisotopic (exact) mass is 479 g/mol. The van der Waals surface area contributed by atoms with Gasteiger partial charge in [0.05, 0.1) is 40.2 Å². The molecule has 9 nitrogen and oxygen atoms in total. The zero-order valence-electron chi connectivity index (χ0n) is 20.0. The first kappa shape index (κ1) is 22.6. The van der Waals surface area contributed by atoms with Gasteiger partial charge in [-0.15, -0.1) is 0 Å². The molecule has 0 aliphatic carbocycles. The number of benzene rings is 3. The minimum Gasteiger partial charge on any atom is -0.493 e. The standard InChI is InChI=1S/C26H25NO8/c1-27-22-15(7-6-13-10-18-19(11-16(13)22)35-12-34-18)14-8-9-17(30-2)24(31-3)20(14)23(27)21(25(28)32-4)26(29)33-5/h6-11,21,23H,12H2,1-5H3. The van der Waals surface area contributed by atoms with Crippen molar-refractivity contribution in [3.63, 3.8) is 0 Å². The van der Waals surface area contributed by atoms with Crippen molar-refractivity contribution >= 4 is 28.4 Å². The minimum atomic E-state index is -1.29. The van der Waals surface area contributed by atoms with E-state index in [1.165, 1.54) is 28.4 Å². The topological polar surface area (TPSA) is 92.8 Å². The van der Waals surface area contributed by atoms with Crippen LogP contribution in [0.1, 0.15) is 11.6 Å². The molecule has 0 aromatic heterocycles. The zero-order chi connectivity index (χ0) is 24.9. The maximum Gasteiger partial charge on any atom is 0.322 e. The molecule has 0 spiro atoms. The number of carbonyl (C=O) groups is 2. The molecule has 3 aromatic carbocycles. The number of anilines is 1. The van der Waals surface area contributed by atoms with Crippen LogP contribution in [-0.2, 0) is 19.1 Å². The zero-order valence-corrected chi connectivity index (χ0v) is 20.0. The quantitative estimate of drug-likeness (QED) is 0.401. The van der Waals surface area contributed by atoms with Crippen LogP contribution in [0.25, 0.3) is 21.9 Å². The second-order valence-electron chi connectivity index (χ2n) is 8.23. The number of hydrogen-bond donors (Lipinski definition) is 0. The molecule has 0 saturated heterocycles. The van der Waals surface area contributed by atoms with E-state index in [0.717, 1.165) is 27.6 Å². The first-order chi connectivity index (χ1) is 16.9. The van der Waals surface area contributed by atoms with Crippen molar-refractivity contribution in [1.29, 1.82) is 0 Å². The van der Waals surface area contributed by atoms with E-state index >= 15 is 0 Å². The highest BCUT2D eigenvalue weighted by Gasteiger charge is 2.46. The average Bonchev–Trinajstić information content (AvgIpc) is 3.34. The lowest BCUT2D eigenvalue weighted by Crippen LogP contribution is -2.42. The molecule has 1 unspecified atom stereocenters. The number of nitrogens with zero attached hydrogens (tertiary/aromatic N) is 1. The molecular weight excluding hydrogens is 454 g/mol. The molecule has 9 heteroatoms. The summed E-state index contributed by atoms with van der Waals surface area (Å²) < 4.78 is 32.6. The van der Waals surface area contributed by atoms with E-state index in [9.17, 15) is 9.59 Å². The summed E-state index contributed by atoms with van der Waals surface area (Å²) in [6.45, 7) is 0.152. The van der Waals surface area contributed by atoms with Gasteiger partial charge < -0.3 is 33.3 Å². The normalized spacial score (nSPS) is 15.5. The highest BCUT2D eigenvalue weighted by atomic mass is 16.7. The molecule has 2 heterocycles. The number of esters is 2. The molecule has 182 valence electrons. The molecule has 35 heavy (non-hydrogen) atoms. The summed E-state index contributed by atoms with van der Waals surface area (Å²) in [4.78, 5) is 27.9. The fourth-order valence-corrected chi connectivity index (χ4v) is 5.11. The van der Waals surface area contributed by atoms with Crippen LogP contribution in [0.5, 0.6) is 23.0 Å². The van der Waals surface area contributed by atoms with Crippen molar-refractivity contribution in [3.05, 3.63) is 42.0 Å². The third kappa shape index (κ3) is 3.30. The summed E-state index contributed by atoms with van der Waals surface area (Å²) in [5.74, 6) is -0.515. The van der Waals surface area contributed by atoms with Gasteiger partial charge >= 0.3 is 11.9 Å². The molecule has 0 radical (unpaired) electrons. The van der Waals surface area contributed by atoms with E-state index in [4.69, 9.17) is 28.4 Å². The van der Waals surface area contributed by atoms with E-state index in [2.05, 4.69) is 0 Å². The molecule has 1 atom stereocenters. The number of rotatable bonds is 5. The largest absolute Gasteiger partial charge is 0.493 e. The van der Waals surface area contributed by atoms with Gasteiger partial charge in [-0.25, -0.2) is 0 Å². The number of ether oxygens (including phenoxy) is 6. The Kier molecular flexibility index (Phi) is 5.55. The van der Waals surface area contributed by atoms with Crippen LogP contribution in [-0.4, -0.2) is 54.2 Å². The fourth-order valence-electron chi connectivity index (χ4n) is 5.11. The minimum absolute atomic E-state index is 0.152. The Labute approximate surface area is 202 Å². The first-order valence-electron chi connectivity index (χ1n) is 10.9. The third-order valence-electron chi connectivity index (χ3n) is 6.65. The SMILES string of the molecule is COC(=O)C(C(=O)OC)C1c2c(ccc(OC)c2OC)-c2ccc3cc4c(cc3c2N1C)OCO4. The number of hydrogen-bond acceptors (Lipinski definition) is 9. The second-order valence-corrected chi connectivity index (χ2v) is 8.23. The van der Waals surface area contributed by atoms with Crippen molar-refractivity contribution < 1.29 is 38.0 Å². The molecule has 2 aliphatic rings. The van der Waals surface area contributed by atoms with Crippen molar-refractivity contribution in [2.24, 2.45) is 5.92 Å². The highest BCUT2D eigenvalue weighted by molar-refractivity contribution is 6.07. The van der Waals surface area contributed by atoms with E-state index in [1.807, 2.05) is 42.3 Å². The Balaban J connectivity index is 1.86. The van der Waals surface area contributed by atoms with Gasteiger partial charge in [0, 0.05) is 23.6 Å². The maximum atomic E-state index is 13.0. The molecule has 3 aromatic rings. The van der Waals surface area contributed by atoms with Crippen LogP contribution in [0, 0.1) is 5.92 Å². The predicted molar refractivity (Wildman–Crippen MR) is 127 cm³/mol. The molecule has 0 N–H and O–H groups in total. The summed E-state index contributed by atoms with van der Waals surface area (Å²) in [5.41, 5.74) is 3.16. The average molecular weight is 479 g/mol. The Morgan fingerprint density at radius 1 is 0.914 bits per heavy atom. The molecule has 0 amide bonds. The lowest BCUT2D eigenvalue weighted by atomic mass is 9.80. The predicted octanol–water partition coefficient (Wildman–Crippen LogP) is 3.71. The molecule has 0 fully saturated rings. The molecule has 2 aliphatic heterocycles. The van der Waals surface area contributed by atoms with Gasteiger partial charge in [0.15, 0.2) is 28.9 Å². The molecular formula is C26H25NO8. The van der Waals surface area contributed by atoms with Crippen LogP contribution in [0.15, 0.2) is 36.4 Å². The van der Waals surface area contributed by atoms with Gasteiger partial charge in [0.25, 0.3) is 0 Å². The van der Waals surface area contributed by atoms with Crippen LogP contribution in [0.4, 0.5) is 5.69 Å². The van der Waals surface area contributed by atoms with Crippen LogP contribution in [0.2, 0.25) is 0 Å². The highest BCUT2D eigenvalue weighted by Crippen LogP contribution is 2.55. The van der Waals surface area contributed by atoms with Gasteiger partial charge in [-0.3, -0.25) is 9.59 Å². The van der Waals surface area contributed by atoms with Crippen molar-refractivity contribution in [1.82, 2.24) is 0 Å². The van der Waals surface area contributed by atoms with Crippen molar-refractivity contribution in [2.45, 2.75) is 6.04 Å². The lowest BCUT2D eigenvalue weighted by Gasteiger charge is -2.41. The van der Waals surface area contributed by atoms with Gasteiger partial charge in [0.1, 0.15) is 0 Å². The molecule has 0 bridgehead atoms. The summed E-state index contributed by atoms with van der Waals surface area (Å²) in [6, 6.07) is 10.7. The van der Waals surface area contributed by atoms with E-state index in [-0.39, 0.29) is 6.79 Å². The van der Waals surface area contributed by atoms with Crippen molar-refractivity contribution in [3.8, 4) is 34.1 Å². The number of methoxy groups -OCH3 is 4. The van der Waals surface area contributed by atoms with E-state index < -0.39 is 23.9 Å². The summed E-state index contributed by atoms with van der Waals surface area (Å²) in [7, 11) is 7.38. The second kappa shape index (κ2) is 8.57. The Morgan fingerprint density at radius 3 is 2.20 bits per heavy atom. The fraction of sp³-hybridized carbons (Fsp3) is 0.308. The Hall–Kier alpha value is -4.14. The van der Waals surface area contributed by atoms with E-state index in [1.54, 1.807) is 6.07 Å².